The Morgan fingerprint density at radius 3 is 2.65 bits per heavy atom. The summed E-state index contributed by atoms with van der Waals surface area (Å²) in [7, 11) is 0. The summed E-state index contributed by atoms with van der Waals surface area (Å²) in [5.74, 6) is 0.990. The van der Waals surface area contributed by atoms with Gasteiger partial charge in [-0.05, 0) is 30.5 Å². The number of nitrogens with zero attached hydrogens (tertiary/aromatic N) is 2. The van der Waals surface area contributed by atoms with Gasteiger partial charge in [-0.25, -0.2) is 14.8 Å². The standard InChI is InChI=1S/C27H25N3O3S/c1-2-3-4-5-6-19-13-20-14-21(27(32)33-24(20)15-23(19)31)26-30-22(16-34-26)17-7-9-18(10-8-17)25-28-11-12-29-25/h7-16,31H,2-6H2,1H3,(H,28,29). The van der Waals surface area contributed by atoms with E-state index in [-0.39, 0.29) is 5.75 Å². The smallest absolute Gasteiger partial charge is 0.346 e. The van der Waals surface area contributed by atoms with Crippen LogP contribution in [0.4, 0.5) is 0 Å². The Labute approximate surface area is 201 Å². The van der Waals surface area contributed by atoms with E-state index >= 15 is 0 Å². The molecule has 0 spiro atoms. The molecule has 0 saturated heterocycles. The number of aromatic nitrogens is 3. The lowest BCUT2D eigenvalue weighted by Gasteiger charge is -2.07. The monoisotopic (exact) mass is 471 g/mol. The SMILES string of the molecule is CCCCCCc1cc2cc(-c3nc(-c4ccc(-c5ncc[nH]5)cc4)cs3)c(=O)oc2cc1O. The van der Waals surface area contributed by atoms with Gasteiger partial charge in [0, 0.05) is 40.4 Å². The molecule has 0 fully saturated rings. The van der Waals surface area contributed by atoms with Crippen molar-refractivity contribution in [3.63, 3.8) is 0 Å². The third-order valence-corrected chi connectivity index (χ3v) is 6.80. The highest BCUT2D eigenvalue weighted by molar-refractivity contribution is 7.13. The number of fused-ring (bicyclic) bond motifs is 1. The number of thiazole rings is 1. The Hall–Kier alpha value is -3.71. The zero-order valence-corrected chi connectivity index (χ0v) is 19.7. The number of phenols is 1. The second-order valence-corrected chi connectivity index (χ2v) is 9.19. The van der Waals surface area contributed by atoms with Gasteiger partial charge in [-0.15, -0.1) is 11.3 Å². The van der Waals surface area contributed by atoms with Gasteiger partial charge in [0.25, 0.3) is 0 Å². The molecule has 5 aromatic rings. The van der Waals surface area contributed by atoms with Crippen LogP contribution in [0, 0.1) is 0 Å². The molecule has 5 rings (SSSR count). The number of hydrogen-bond acceptors (Lipinski definition) is 6. The Bertz CT molecular complexity index is 1470. The number of aromatic amines is 1. The number of aromatic hydroxyl groups is 1. The van der Waals surface area contributed by atoms with Crippen molar-refractivity contribution in [2.24, 2.45) is 0 Å². The van der Waals surface area contributed by atoms with E-state index < -0.39 is 5.63 Å². The van der Waals surface area contributed by atoms with Crippen molar-refractivity contribution in [2.45, 2.75) is 39.0 Å². The Kier molecular flexibility index (Phi) is 6.27. The largest absolute Gasteiger partial charge is 0.508 e. The first-order chi connectivity index (χ1) is 16.6. The minimum absolute atomic E-state index is 0.175. The van der Waals surface area contributed by atoms with E-state index in [2.05, 4.69) is 16.9 Å². The fourth-order valence-electron chi connectivity index (χ4n) is 4.05. The maximum absolute atomic E-state index is 12.7. The zero-order chi connectivity index (χ0) is 23.5. The third-order valence-electron chi connectivity index (χ3n) is 5.92. The minimum atomic E-state index is -0.461. The number of rotatable bonds is 8. The molecule has 3 heterocycles. The van der Waals surface area contributed by atoms with Crippen LogP contribution in [0.25, 0.3) is 44.2 Å². The highest BCUT2D eigenvalue weighted by atomic mass is 32.1. The topological polar surface area (TPSA) is 92.0 Å². The second kappa shape index (κ2) is 9.65. The average molecular weight is 472 g/mol. The van der Waals surface area contributed by atoms with Gasteiger partial charge >= 0.3 is 5.63 Å². The molecule has 0 aliphatic carbocycles. The van der Waals surface area contributed by atoms with E-state index in [9.17, 15) is 9.90 Å². The molecule has 0 amide bonds. The van der Waals surface area contributed by atoms with Gasteiger partial charge < -0.3 is 14.5 Å². The number of phenolic OH excluding ortho intramolecular Hbond substituents is 1. The van der Waals surface area contributed by atoms with Crippen LogP contribution in [0.15, 0.2) is 69.5 Å². The van der Waals surface area contributed by atoms with Crippen LogP contribution in [0.2, 0.25) is 0 Å². The minimum Gasteiger partial charge on any atom is -0.508 e. The van der Waals surface area contributed by atoms with E-state index in [0.717, 1.165) is 52.9 Å². The van der Waals surface area contributed by atoms with Crippen molar-refractivity contribution in [3.05, 3.63) is 76.2 Å². The van der Waals surface area contributed by atoms with Crippen molar-refractivity contribution in [2.75, 3.05) is 0 Å². The van der Waals surface area contributed by atoms with Gasteiger partial charge in [0.1, 0.15) is 22.2 Å². The third kappa shape index (κ3) is 4.52. The molecular weight excluding hydrogens is 446 g/mol. The van der Waals surface area contributed by atoms with E-state index in [1.807, 2.05) is 41.8 Å². The zero-order valence-electron chi connectivity index (χ0n) is 18.9. The van der Waals surface area contributed by atoms with Crippen LogP contribution in [-0.2, 0) is 6.42 Å². The molecule has 0 atom stereocenters. The highest BCUT2D eigenvalue weighted by Crippen LogP contribution is 2.32. The van der Waals surface area contributed by atoms with Crippen molar-refractivity contribution in [3.8, 4) is 39.0 Å². The van der Waals surface area contributed by atoms with Crippen LogP contribution >= 0.6 is 11.3 Å². The maximum atomic E-state index is 12.7. The normalized spacial score (nSPS) is 11.3. The molecule has 172 valence electrons. The molecule has 2 N–H and O–H groups in total. The lowest BCUT2D eigenvalue weighted by atomic mass is 10.0. The summed E-state index contributed by atoms with van der Waals surface area (Å²) in [5, 5.41) is 13.7. The summed E-state index contributed by atoms with van der Waals surface area (Å²) < 4.78 is 5.54. The first-order valence-corrected chi connectivity index (χ1v) is 12.4. The summed E-state index contributed by atoms with van der Waals surface area (Å²) in [6, 6.07) is 13.3. The number of unbranched alkanes of at least 4 members (excludes halogenated alkanes) is 3. The predicted octanol–water partition coefficient (Wildman–Crippen LogP) is 6.80. The molecule has 7 heteroatoms. The maximum Gasteiger partial charge on any atom is 0.346 e. The number of aryl methyl sites for hydroxylation is 1. The van der Waals surface area contributed by atoms with Crippen LogP contribution < -0.4 is 5.63 Å². The van der Waals surface area contributed by atoms with Crippen LogP contribution in [0.3, 0.4) is 0 Å². The quantitative estimate of drug-likeness (QED) is 0.192. The lowest BCUT2D eigenvalue weighted by molar-refractivity contribution is 0.464. The van der Waals surface area contributed by atoms with Gasteiger partial charge in [0.15, 0.2) is 0 Å². The molecule has 6 nitrogen and oxygen atoms in total. The molecule has 3 aromatic heterocycles. The van der Waals surface area contributed by atoms with E-state index in [4.69, 9.17) is 9.40 Å². The Balaban J connectivity index is 1.43. The van der Waals surface area contributed by atoms with Crippen molar-refractivity contribution in [1.82, 2.24) is 15.0 Å². The summed E-state index contributed by atoms with van der Waals surface area (Å²) >= 11 is 1.41. The molecule has 2 aromatic carbocycles. The summed E-state index contributed by atoms with van der Waals surface area (Å²) in [5.41, 5.74) is 3.98. The number of imidazole rings is 1. The molecule has 0 saturated carbocycles. The molecule has 0 aliphatic rings. The fourth-order valence-corrected chi connectivity index (χ4v) is 4.88. The molecule has 0 radical (unpaired) electrons. The predicted molar refractivity (Wildman–Crippen MR) is 136 cm³/mol. The first kappa shape index (κ1) is 22.1. The van der Waals surface area contributed by atoms with E-state index in [1.165, 1.54) is 24.2 Å². The van der Waals surface area contributed by atoms with Crippen molar-refractivity contribution >= 4 is 22.3 Å². The average Bonchev–Trinajstić information content (AvgIpc) is 3.55. The van der Waals surface area contributed by atoms with Crippen molar-refractivity contribution < 1.29 is 9.52 Å². The van der Waals surface area contributed by atoms with Crippen molar-refractivity contribution in [1.29, 1.82) is 0 Å². The number of hydrogen-bond donors (Lipinski definition) is 2. The molecule has 34 heavy (non-hydrogen) atoms. The van der Waals surface area contributed by atoms with Gasteiger partial charge in [0.05, 0.1) is 11.3 Å². The number of benzene rings is 2. The Morgan fingerprint density at radius 1 is 1.06 bits per heavy atom. The van der Waals surface area contributed by atoms with E-state index in [1.54, 1.807) is 18.5 Å². The van der Waals surface area contributed by atoms with Gasteiger partial charge in [-0.3, -0.25) is 0 Å². The van der Waals surface area contributed by atoms with Crippen LogP contribution in [0.5, 0.6) is 5.75 Å². The number of H-pyrrole nitrogens is 1. The molecule has 0 bridgehead atoms. The van der Waals surface area contributed by atoms with E-state index in [0.29, 0.717) is 16.2 Å². The second-order valence-electron chi connectivity index (χ2n) is 8.33. The molecule has 0 aliphatic heterocycles. The van der Waals surface area contributed by atoms with Gasteiger partial charge in [-0.1, -0.05) is 50.5 Å². The van der Waals surface area contributed by atoms with Crippen LogP contribution in [-0.4, -0.2) is 20.1 Å². The Morgan fingerprint density at radius 2 is 1.88 bits per heavy atom. The van der Waals surface area contributed by atoms with Gasteiger partial charge in [-0.2, -0.15) is 0 Å². The first-order valence-electron chi connectivity index (χ1n) is 11.5. The molecule has 0 unspecified atom stereocenters. The summed E-state index contributed by atoms with van der Waals surface area (Å²) in [6.45, 7) is 2.18. The highest BCUT2D eigenvalue weighted by Gasteiger charge is 2.15. The van der Waals surface area contributed by atoms with Gasteiger partial charge in [0.2, 0.25) is 0 Å². The summed E-state index contributed by atoms with van der Waals surface area (Å²) in [6.07, 6.45) is 8.82. The van der Waals surface area contributed by atoms with Crippen LogP contribution in [0.1, 0.15) is 38.2 Å². The molecular formula is C27H25N3O3S. The lowest BCUT2D eigenvalue weighted by Crippen LogP contribution is -2.02. The fraction of sp³-hybridized carbons (Fsp3) is 0.222. The number of nitrogens with one attached hydrogen (secondary N) is 1. The summed E-state index contributed by atoms with van der Waals surface area (Å²) in [4.78, 5) is 24.8.